The lowest BCUT2D eigenvalue weighted by Gasteiger charge is -2.29. The average molecular weight is 354 g/mol. The highest BCUT2D eigenvalue weighted by molar-refractivity contribution is 5.90. The third-order valence-corrected chi connectivity index (χ3v) is 6.11. The second-order valence-electron chi connectivity index (χ2n) is 7.66. The second kappa shape index (κ2) is 6.27. The van der Waals surface area contributed by atoms with Gasteiger partial charge in [0.25, 0.3) is 0 Å². The maximum absolute atomic E-state index is 12.3. The molecule has 0 amide bonds. The Morgan fingerprint density at radius 1 is 1.31 bits per heavy atom. The lowest BCUT2D eigenvalue weighted by atomic mass is 9.73. The third kappa shape index (κ3) is 2.43. The number of rotatable bonds is 7. The quantitative estimate of drug-likeness (QED) is 0.725. The topological polar surface area (TPSA) is 59.1 Å². The van der Waals surface area contributed by atoms with Crippen molar-refractivity contribution < 1.29 is 19.4 Å². The van der Waals surface area contributed by atoms with Crippen molar-refractivity contribution in [3.8, 4) is 5.75 Å². The van der Waals surface area contributed by atoms with Gasteiger partial charge in [-0.1, -0.05) is 57.7 Å². The minimum atomic E-state index is -1.26. The number of hydrogen-bond donors (Lipinski definition) is 1. The zero-order chi connectivity index (χ0) is 18.4. The van der Waals surface area contributed by atoms with E-state index >= 15 is 0 Å². The van der Waals surface area contributed by atoms with Gasteiger partial charge in [0.15, 0.2) is 0 Å². The first kappa shape index (κ1) is 17.3. The van der Waals surface area contributed by atoms with Crippen LogP contribution in [0.1, 0.15) is 51.5 Å². The van der Waals surface area contributed by atoms with E-state index in [1.807, 2.05) is 36.4 Å². The highest BCUT2D eigenvalue weighted by Crippen LogP contribution is 2.62. The smallest absolute Gasteiger partial charge is 0.344 e. The van der Waals surface area contributed by atoms with Gasteiger partial charge in [-0.3, -0.25) is 0 Å². The Balaban J connectivity index is 1.65. The summed E-state index contributed by atoms with van der Waals surface area (Å²) in [6, 6.07) is 7.81. The molecule has 4 heteroatoms. The number of ether oxygens (including phenoxy) is 2. The number of aliphatic carboxylic acids is 1. The van der Waals surface area contributed by atoms with E-state index in [1.165, 1.54) is 6.42 Å². The van der Waals surface area contributed by atoms with Gasteiger partial charge in [0, 0.05) is 12.0 Å². The summed E-state index contributed by atoms with van der Waals surface area (Å²) in [7, 11) is 0. The SMILES string of the molecule is CCCCC(CC)CC12C=CC3=C(Cc4ccccc4O3)C1(C(=O)O)O2. The molecule has 0 saturated carbocycles. The van der Waals surface area contributed by atoms with Gasteiger partial charge in [-0.2, -0.15) is 0 Å². The predicted molar refractivity (Wildman–Crippen MR) is 99.0 cm³/mol. The molecule has 0 radical (unpaired) electrons. The molecule has 0 spiro atoms. The summed E-state index contributed by atoms with van der Waals surface area (Å²) in [5.74, 6) is 1.02. The monoisotopic (exact) mass is 354 g/mol. The van der Waals surface area contributed by atoms with Gasteiger partial charge in [-0.05, 0) is 36.1 Å². The van der Waals surface area contributed by atoms with Gasteiger partial charge in [-0.25, -0.2) is 4.79 Å². The number of unbranched alkanes of at least 4 members (excludes halogenated alkanes) is 1. The Labute approximate surface area is 154 Å². The van der Waals surface area contributed by atoms with Crippen LogP contribution >= 0.6 is 0 Å². The fourth-order valence-electron chi connectivity index (χ4n) is 4.55. The predicted octanol–water partition coefficient (Wildman–Crippen LogP) is 4.64. The number of allylic oxidation sites excluding steroid dienone is 1. The molecule has 138 valence electrons. The molecule has 0 bridgehead atoms. The van der Waals surface area contributed by atoms with Crippen LogP contribution in [-0.4, -0.2) is 22.3 Å². The first-order valence-corrected chi connectivity index (χ1v) is 9.68. The number of para-hydroxylation sites is 1. The van der Waals surface area contributed by atoms with E-state index in [9.17, 15) is 9.90 Å². The van der Waals surface area contributed by atoms with Crippen molar-refractivity contribution >= 4 is 5.97 Å². The van der Waals surface area contributed by atoms with Crippen LogP contribution in [0.4, 0.5) is 0 Å². The zero-order valence-electron chi connectivity index (χ0n) is 15.5. The largest absolute Gasteiger partial charge is 0.479 e. The van der Waals surface area contributed by atoms with E-state index < -0.39 is 17.2 Å². The summed E-state index contributed by atoms with van der Waals surface area (Å²) in [6.07, 6.45) is 9.66. The Kier molecular flexibility index (Phi) is 4.19. The van der Waals surface area contributed by atoms with Crippen molar-refractivity contribution in [2.75, 3.05) is 0 Å². The van der Waals surface area contributed by atoms with Crippen LogP contribution in [0.25, 0.3) is 0 Å². The van der Waals surface area contributed by atoms with Crippen LogP contribution in [0.5, 0.6) is 5.75 Å². The molecular formula is C22H26O4. The fraction of sp³-hybridized carbons (Fsp3) is 0.500. The molecule has 4 rings (SSSR count). The summed E-state index contributed by atoms with van der Waals surface area (Å²) >= 11 is 0. The number of carbonyl (C=O) groups is 1. The summed E-state index contributed by atoms with van der Waals surface area (Å²) in [5, 5.41) is 10.1. The molecule has 1 aromatic carbocycles. The highest BCUT2D eigenvalue weighted by Gasteiger charge is 2.77. The Morgan fingerprint density at radius 2 is 2.12 bits per heavy atom. The molecule has 3 unspecified atom stereocenters. The minimum Gasteiger partial charge on any atom is -0.479 e. The average Bonchev–Trinajstić information content (AvgIpc) is 3.34. The molecule has 1 fully saturated rings. The molecule has 1 aromatic rings. The molecule has 2 heterocycles. The van der Waals surface area contributed by atoms with E-state index in [2.05, 4.69) is 13.8 Å². The van der Waals surface area contributed by atoms with E-state index in [-0.39, 0.29) is 0 Å². The van der Waals surface area contributed by atoms with Crippen LogP contribution in [0, 0.1) is 5.92 Å². The standard InChI is InChI=1S/C22H26O4/c1-3-5-8-15(4-2)14-21-12-11-19-17(22(21,26-21)20(23)24)13-16-9-6-7-10-18(16)25-19/h6-7,9-12,15H,3-5,8,13-14H2,1-2H3,(H,23,24). The van der Waals surface area contributed by atoms with Crippen LogP contribution in [0.15, 0.2) is 47.7 Å². The van der Waals surface area contributed by atoms with Gasteiger partial charge in [0.1, 0.15) is 17.1 Å². The van der Waals surface area contributed by atoms with E-state index in [0.29, 0.717) is 18.1 Å². The van der Waals surface area contributed by atoms with Crippen molar-refractivity contribution in [1.82, 2.24) is 0 Å². The molecular weight excluding hydrogens is 328 g/mol. The molecule has 1 N–H and O–H groups in total. The van der Waals surface area contributed by atoms with Crippen LogP contribution < -0.4 is 4.74 Å². The highest BCUT2D eigenvalue weighted by atomic mass is 16.7. The van der Waals surface area contributed by atoms with Gasteiger partial charge in [-0.15, -0.1) is 0 Å². The Morgan fingerprint density at radius 3 is 2.85 bits per heavy atom. The summed E-state index contributed by atoms with van der Waals surface area (Å²) < 4.78 is 12.1. The number of benzene rings is 1. The van der Waals surface area contributed by atoms with Gasteiger partial charge in [0.05, 0.1) is 0 Å². The summed E-state index contributed by atoms with van der Waals surface area (Å²) in [5.41, 5.74) is -0.201. The van der Waals surface area contributed by atoms with E-state index in [4.69, 9.17) is 9.47 Å². The molecule has 4 nitrogen and oxygen atoms in total. The Bertz CT molecular complexity index is 793. The molecule has 0 aromatic heterocycles. The molecule has 1 saturated heterocycles. The summed E-state index contributed by atoms with van der Waals surface area (Å²) in [6.45, 7) is 4.37. The van der Waals surface area contributed by atoms with Crippen molar-refractivity contribution in [3.05, 3.63) is 53.3 Å². The van der Waals surface area contributed by atoms with Crippen molar-refractivity contribution in [1.29, 1.82) is 0 Å². The molecule has 1 aliphatic carbocycles. The fourth-order valence-corrected chi connectivity index (χ4v) is 4.55. The third-order valence-electron chi connectivity index (χ3n) is 6.11. The second-order valence-corrected chi connectivity index (χ2v) is 7.66. The first-order chi connectivity index (χ1) is 12.6. The molecule has 26 heavy (non-hydrogen) atoms. The van der Waals surface area contributed by atoms with Gasteiger partial charge < -0.3 is 14.6 Å². The van der Waals surface area contributed by atoms with Gasteiger partial charge in [0.2, 0.25) is 5.60 Å². The molecule has 3 aliphatic rings. The molecule has 2 aliphatic heterocycles. The van der Waals surface area contributed by atoms with Crippen LogP contribution in [0.3, 0.4) is 0 Å². The molecule has 3 atom stereocenters. The van der Waals surface area contributed by atoms with E-state index in [0.717, 1.165) is 42.6 Å². The number of carboxylic acid groups (broad SMARTS) is 1. The van der Waals surface area contributed by atoms with Gasteiger partial charge >= 0.3 is 5.97 Å². The lowest BCUT2D eigenvalue weighted by Crippen LogP contribution is -2.40. The maximum atomic E-state index is 12.3. The number of fused-ring (bicyclic) bond motifs is 3. The first-order valence-electron chi connectivity index (χ1n) is 9.68. The lowest BCUT2D eigenvalue weighted by molar-refractivity contribution is -0.141. The van der Waals surface area contributed by atoms with Crippen LogP contribution in [0.2, 0.25) is 0 Å². The maximum Gasteiger partial charge on any atom is 0.344 e. The Hall–Kier alpha value is -2.07. The number of hydrogen-bond acceptors (Lipinski definition) is 3. The van der Waals surface area contributed by atoms with E-state index in [1.54, 1.807) is 0 Å². The van der Waals surface area contributed by atoms with Crippen molar-refractivity contribution in [2.45, 2.75) is 63.6 Å². The van der Waals surface area contributed by atoms with Crippen molar-refractivity contribution in [3.63, 3.8) is 0 Å². The van der Waals surface area contributed by atoms with Crippen LogP contribution in [-0.2, 0) is 16.0 Å². The normalized spacial score (nSPS) is 29.3. The minimum absolute atomic E-state index is 0.472. The van der Waals surface area contributed by atoms with Crippen molar-refractivity contribution in [2.24, 2.45) is 5.92 Å². The summed E-state index contributed by atoms with van der Waals surface area (Å²) in [4.78, 5) is 12.3. The number of epoxide rings is 1. The zero-order valence-corrected chi connectivity index (χ0v) is 15.5. The number of carboxylic acids is 1.